The van der Waals surface area contributed by atoms with E-state index in [0.717, 1.165) is 10.0 Å². The van der Waals surface area contributed by atoms with Crippen LogP contribution in [0.15, 0.2) is 46.9 Å². The lowest BCUT2D eigenvalue weighted by atomic mass is 10.1. The Hall–Kier alpha value is -1.03. The van der Waals surface area contributed by atoms with E-state index in [2.05, 4.69) is 21.2 Å². The van der Waals surface area contributed by atoms with Crippen molar-refractivity contribution in [1.82, 2.24) is 5.32 Å². The maximum absolute atomic E-state index is 12.2. The van der Waals surface area contributed by atoms with Crippen LogP contribution in [0.5, 0.6) is 0 Å². The Labute approximate surface area is 136 Å². The molecule has 20 heavy (non-hydrogen) atoms. The number of nitrogens with one attached hydrogen (secondary N) is 1. The molecule has 2 aromatic rings. The van der Waals surface area contributed by atoms with E-state index in [4.69, 9.17) is 23.2 Å². The second-order valence-corrected chi connectivity index (χ2v) is 6.04. The lowest BCUT2D eigenvalue weighted by Crippen LogP contribution is -2.27. The lowest BCUT2D eigenvalue weighted by Gasteiger charge is -2.16. The number of benzene rings is 2. The third-order valence-corrected chi connectivity index (χ3v) is 4.17. The molecule has 2 nitrogen and oxygen atoms in total. The van der Waals surface area contributed by atoms with Gasteiger partial charge in [0.2, 0.25) is 0 Å². The van der Waals surface area contributed by atoms with Gasteiger partial charge >= 0.3 is 0 Å². The SMILES string of the molecule is CC(NC(=O)c1ccc(Cl)cc1Cl)c1ccccc1Br. The summed E-state index contributed by atoms with van der Waals surface area (Å²) in [4.78, 5) is 12.2. The zero-order valence-electron chi connectivity index (χ0n) is 10.7. The first-order valence-electron chi connectivity index (χ1n) is 5.99. The summed E-state index contributed by atoms with van der Waals surface area (Å²) in [6.45, 7) is 1.92. The standard InChI is InChI=1S/C15H12BrCl2NO/c1-9(11-4-2-3-5-13(11)16)19-15(20)12-7-6-10(17)8-14(12)18/h2-9H,1H3,(H,19,20). The first-order valence-corrected chi connectivity index (χ1v) is 7.54. The Morgan fingerprint density at radius 3 is 2.55 bits per heavy atom. The van der Waals surface area contributed by atoms with Crippen LogP contribution in [0.3, 0.4) is 0 Å². The van der Waals surface area contributed by atoms with Crippen molar-refractivity contribution in [3.05, 3.63) is 68.1 Å². The highest BCUT2D eigenvalue weighted by Crippen LogP contribution is 2.25. The molecule has 0 bridgehead atoms. The number of amides is 1. The summed E-state index contributed by atoms with van der Waals surface area (Å²) < 4.78 is 0.954. The highest BCUT2D eigenvalue weighted by Gasteiger charge is 2.15. The van der Waals surface area contributed by atoms with Gasteiger partial charge in [-0.2, -0.15) is 0 Å². The average molecular weight is 373 g/mol. The number of hydrogen-bond donors (Lipinski definition) is 1. The molecule has 0 spiro atoms. The first kappa shape index (κ1) is 15.4. The molecule has 2 rings (SSSR count). The molecule has 0 fully saturated rings. The predicted molar refractivity (Wildman–Crippen MR) is 86.5 cm³/mol. The Kier molecular flexibility index (Phi) is 5.08. The Bertz CT molecular complexity index is 646. The van der Waals surface area contributed by atoms with Crippen LogP contribution in [0, 0.1) is 0 Å². The summed E-state index contributed by atoms with van der Waals surface area (Å²) in [7, 11) is 0. The molecule has 5 heteroatoms. The van der Waals surface area contributed by atoms with E-state index in [1.54, 1.807) is 18.2 Å². The summed E-state index contributed by atoms with van der Waals surface area (Å²) >= 11 is 15.3. The molecule has 1 atom stereocenters. The van der Waals surface area contributed by atoms with Gasteiger partial charge in [0.1, 0.15) is 0 Å². The molecule has 1 amide bonds. The summed E-state index contributed by atoms with van der Waals surface area (Å²) in [5.41, 5.74) is 1.42. The van der Waals surface area contributed by atoms with Crippen molar-refractivity contribution in [3.8, 4) is 0 Å². The number of carbonyl (C=O) groups is 1. The summed E-state index contributed by atoms with van der Waals surface area (Å²) in [6, 6.07) is 12.4. The normalized spacial score (nSPS) is 12.0. The smallest absolute Gasteiger partial charge is 0.253 e. The van der Waals surface area contributed by atoms with Crippen molar-refractivity contribution in [2.45, 2.75) is 13.0 Å². The van der Waals surface area contributed by atoms with Crippen molar-refractivity contribution in [1.29, 1.82) is 0 Å². The summed E-state index contributed by atoms with van der Waals surface area (Å²) in [6.07, 6.45) is 0. The molecule has 104 valence electrons. The van der Waals surface area contributed by atoms with Gasteiger partial charge in [-0.3, -0.25) is 4.79 Å². The molecule has 1 unspecified atom stereocenters. The van der Waals surface area contributed by atoms with Crippen LogP contribution in [0.2, 0.25) is 10.0 Å². The number of halogens is 3. The highest BCUT2D eigenvalue weighted by atomic mass is 79.9. The molecule has 2 aromatic carbocycles. The van der Waals surface area contributed by atoms with Crippen LogP contribution in [0.25, 0.3) is 0 Å². The lowest BCUT2D eigenvalue weighted by molar-refractivity contribution is 0.0940. The van der Waals surface area contributed by atoms with Gasteiger partial charge in [-0.1, -0.05) is 57.3 Å². The van der Waals surface area contributed by atoms with Crippen LogP contribution in [-0.4, -0.2) is 5.91 Å². The molecule has 0 aliphatic carbocycles. The Balaban J connectivity index is 2.17. The van der Waals surface area contributed by atoms with Gasteiger partial charge in [-0.05, 0) is 36.8 Å². The van der Waals surface area contributed by atoms with E-state index in [1.807, 2.05) is 31.2 Å². The average Bonchev–Trinajstić information content (AvgIpc) is 2.38. The summed E-state index contributed by atoms with van der Waals surface area (Å²) in [5, 5.41) is 3.76. The molecule has 0 aliphatic heterocycles. The number of hydrogen-bond acceptors (Lipinski definition) is 1. The number of rotatable bonds is 3. The third kappa shape index (κ3) is 3.54. The molecule has 0 heterocycles. The third-order valence-electron chi connectivity index (χ3n) is 2.90. The fourth-order valence-electron chi connectivity index (χ4n) is 1.85. The molecule has 0 aromatic heterocycles. The van der Waals surface area contributed by atoms with E-state index in [1.165, 1.54) is 0 Å². The first-order chi connectivity index (χ1) is 9.49. The molecular weight excluding hydrogens is 361 g/mol. The minimum absolute atomic E-state index is 0.134. The predicted octanol–water partition coefficient (Wildman–Crippen LogP) is 5.25. The van der Waals surface area contributed by atoms with Crippen molar-refractivity contribution in [2.24, 2.45) is 0 Å². The monoisotopic (exact) mass is 371 g/mol. The highest BCUT2D eigenvalue weighted by molar-refractivity contribution is 9.10. The molecule has 0 saturated carbocycles. The molecular formula is C15H12BrCl2NO. The minimum Gasteiger partial charge on any atom is -0.345 e. The minimum atomic E-state index is -0.227. The van der Waals surface area contributed by atoms with E-state index < -0.39 is 0 Å². The van der Waals surface area contributed by atoms with Gasteiger partial charge in [-0.15, -0.1) is 0 Å². The van der Waals surface area contributed by atoms with Crippen LogP contribution in [0.4, 0.5) is 0 Å². The second kappa shape index (κ2) is 6.61. The Morgan fingerprint density at radius 2 is 1.90 bits per heavy atom. The van der Waals surface area contributed by atoms with Crippen molar-refractivity contribution >= 4 is 45.0 Å². The van der Waals surface area contributed by atoms with Gasteiger partial charge in [0, 0.05) is 9.50 Å². The topological polar surface area (TPSA) is 29.1 Å². The van der Waals surface area contributed by atoms with Gasteiger partial charge in [0.05, 0.1) is 16.6 Å². The van der Waals surface area contributed by atoms with Gasteiger partial charge in [0.25, 0.3) is 5.91 Å². The fraction of sp³-hybridized carbons (Fsp3) is 0.133. The number of carbonyl (C=O) groups excluding carboxylic acids is 1. The van der Waals surface area contributed by atoms with Crippen molar-refractivity contribution in [2.75, 3.05) is 0 Å². The largest absolute Gasteiger partial charge is 0.345 e. The van der Waals surface area contributed by atoms with E-state index in [-0.39, 0.29) is 11.9 Å². The maximum atomic E-state index is 12.2. The summed E-state index contributed by atoms with van der Waals surface area (Å²) in [5.74, 6) is -0.227. The van der Waals surface area contributed by atoms with Crippen LogP contribution in [-0.2, 0) is 0 Å². The van der Waals surface area contributed by atoms with Crippen LogP contribution >= 0.6 is 39.1 Å². The van der Waals surface area contributed by atoms with Gasteiger partial charge < -0.3 is 5.32 Å². The van der Waals surface area contributed by atoms with Crippen molar-refractivity contribution < 1.29 is 4.79 Å². The van der Waals surface area contributed by atoms with Gasteiger partial charge in [-0.25, -0.2) is 0 Å². The maximum Gasteiger partial charge on any atom is 0.253 e. The van der Waals surface area contributed by atoms with E-state index in [9.17, 15) is 4.79 Å². The van der Waals surface area contributed by atoms with Crippen molar-refractivity contribution in [3.63, 3.8) is 0 Å². The molecule has 1 N–H and O–H groups in total. The van der Waals surface area contributed by atoms with Crippen LogP contribution < -0.4 is 5.32 Å². The Morgan fingerprint density at radius 1 is 1.20 bits per heavy atom. The van der Waals surface area contributed by atoms with Crippen LogP contribution in [0.1, 0.15) is 28.9 Å². The fourth-order valence-corrected chi connectivity index (χ4v) is 2.97. The van der Waals surface area contributed by atoms with Gasteiger partial charge in [0.15, 0.2) is 0 Å². The molecule has 0 radical (unpaired) electrons. The quantitative estimate of drug-likeness (QED) is 0.783. The molecule has 0 aliphatic rings. The zero-order chi connectivity index (χ0) is 14.7. The van der Waals surface area contributed by atoms with E-state index in [0.29, 0.717) is 15.6 Å². The zero-order valence-corrected chi connectivity index (χ0v) is 13.8. The van der Waals surface area contributed by atoms with E-state index >= 15 is 0 Å². The molecule has 0 saturated heterocycles. The second-order valence-electron chi connectivity index (χ2n) is 4.34.